The second kappa shape index (κ2) is 4.05. The Labute approximate surface area is 96.2 Å². The van der Waals surface area contributed by atoms with Crippen molar-refractivity contribution in [3.05, 3.63) is 23.8 Å². The Bertz CT molecular complexity index is 436. The van der Waals surface area contributed by atoms with Crippen LogP contribution in [0.25, 0.3) is 0 Å². The molecule has 0 aliphatic carbocycles. The van der Waals surface area contributed by atoms with Gasteiger partial charge in [-0.05, 0) is 25.5 Å². The van der Waals surface area contributed by atoms with Gasteiger partial charge >= 0.3 is 0 Å². The Kier molecular flexibility index (Phi) is 2.74. The molecule has 1 aliphatic rings. The van der Waals surface area contributed by atoms with Gasteiger partial charge in [-0.1, -0.05) is 6.07 Å². The lowest BCUT2D eigenvalue weighted by molar-refractivity contribution is 0.415. The highest BCUT2D eigenvalue weighted by molar-refractivity contribution is 5.65. The van der Waals surface area contributed by atoms with Gasteiger partial charge in [0.25, 0.3) is 0 Å². The van der Waals surface area contributed by atoms with Gasteiger partial charge in [-0.25, -0.2) is 0 Å². The molecule has 0 aromatic heterocycles. The molecule has 0 bridgehead atoms. The summed E-state index contributed by atoms with van der Waals surface area (Å²) in [7, 11) is 1.66. The van der Waals surface area contributed by atoms with Crippen molar-refractivity contribution in [2.24, 2.45) is 0 Å². The number of anilines is 1. The molecule has 3 heteroatoms. The molecule has 2 unspecified atom stereocenters. The molecule has 0 spiro atoms. The van der Waals surface area contributed by atoms with Gasteiger partial charge in [0.1, 0.15) is 5.75 Å². The fraction of sp³-hybridized carbons (Fsp3) is 0.462. The maximum atomic E-state index is 9.22. The van der Waals surface area contributed by atoms with Crippen LogP contribution in [0, 0.1) is 11.3 Å². The van der Waals surface area contributed by atoms with E-state index in [1.807, 2.05) is 18.2 Å². The molecule has 0 fully saturated rings. The number of benzene rings is 1. The third-order valence-corrected chi connectivity index (χ3v) is 3.34. The van der Waals surface area contributed by atoms with E-state index < -0.39 is 0 Å². The van der Waals surface area contributed by atoms with Crippen molar-refractivity contribution in [2.75, 3.05) is 18.6 Å². The van der Waals surface area contributed by atoms with Crippen molar-refractivity contribution >= 4 is 5.69 Å². The number of rotatable bonds is 2. The van der Waals surface area contributed by atoms with Crippen LogP contribution in [0.15, 0.2) is 18.2 Å². The minimum atomic E-state index is -0.0270. The Morgan fingerprint density at radius 2 is 2.25 bits per heavy atom. The number of ether oxygens (including phenoxy) is 1. The van der Waals surface area contributed by atoms with Crippen molar-refractivity contribution in [3.8, 4) is 11.8 Å². The topological polar surface area (TPSA) is 36.3 Å². The zero-order valence-corrected chi connectivity index (χ0v) is 9.90. The highest BCUT2D eigenvalue weighted by Gasteiger charge is 2.34. The highest BCUT2D eigenvalue weighted by Crippen LogP contribution is 2.41. The molecule has 16 heavy (non-hydrogen) atoms. The number of nitrogens with zero attached hydrogens (tertiary/aromatic N) is 2. The van der Waals surface area contributed by atoms with E-state index in [2.05, 4.69) is 24.8 Å². The summed E-state index contributed by atoms with van der Waals surface area (Å²) in [5.74, 6) is 0.823. The second-order valence-corrected chi connectivity index (χ2v) is 4.06. The van der Waals surface area contributed by atoms with E-state index in [1.165, 1.54) is 0 Å². The van der Waals surface area contributed by atoms with Crippen LogP contribution in [-0.4, -0.2) is 19.7 Å². The number of likely N-dealkylation sites (N-methyl/N-ethyl adjacent to an activating group) is 1. The molecule has 1 aromatic rings. The van der Waals surface area contributed by atoms with Gasteiger partial charge in [-0.2, -0.15) is 5.26 Å². The molecule has 0 N–H and O–H groups in total. The van der Waals surface area contributed by atoms with Crippen LogP contribution >= 0.6 is 0 Å². The first-order chi connectivity index (χ1) is 7.72. The first-order valence-corrected chi connectivity index (χ1v) is 5.57. The standard InChI is InChI=1S/C13H16N2O/c1-4-15-9(2)12(8-14)11-6-5-10(16-3)7-13(11)15/h5-7,9,12H,4H2,1-3H3. The van der Waals surface area contributed by atoms with Crippen LogP contribution in [-0.2, 0) is 0 Å². The zero-order chi connectivity index (χ0) is 11.7. The maximum Gasteiger partial charge on any atom is 0.120 e. The molecule has 0 amide bonds. The van der Waals surface area contributed by atoms with Gasteiger partial charge in [0.05, 0.1) is 19.1 Å². The third-order valence-electron chi connectivity index (χ3n) is 3.34. The summed E-state index contributed by atoms with van der Waals surface area (Å²) in [4.78, 5) is 2.26. The Balaban J connectivity index is 2.51. The molecule has 0 saturated heterocycles. The van der Waals surface area contributed by atoms with Gasteiger partial charge in [0.15, 0.2) is 0 Å². The molecule has 1 aliphatic heterocycles. The van der Waals surface area contributed by atoms with Gasteiger partial charge in [0.2, 0.25) is 0 Å². The van der Waals surface area contributed by atoms with Gasteiger partial charge in [-0.15, -0.1) is 0 Å². The summed E-state index contributed by atoms with van der Waals surface area (Å²) in [5, 5.41) is 9.22. The molecule has 1 heterocycles. The monoisotopic (exact) mass is 216 g/mol. The van der Waals surface area contributed by atoms with Crippen LogP contribution in [0.1, 0.15) is 25.3 Å². The minimum Gasteiger partial charge on any atom is -0.497 e. The number of methoxy groups -OCH3 is 1. The largest absolute Gasteiger partial charge is 0.497 e. The fourth-order valence-electron chi connectivity index (χ4n) is 2.46. The molecule has 2 atom stereocenters. The molecule has 0 radical (unpaired) electrons. The van der Waals surface area contributed by atoms with Crippen LogP contribution < -0.4 is 9.64 Å². The molecular formula is C13H16N2O. The lowest BCUT2D eigenvalue weighted by Crippen LogP contribution is -2.30. The summed E-state index contributed by atoms with van der Waals surface area (Å²) in [6, 6.07) is 8.59. The summed E-state index contributed by atoms with van der Waals surface area (Å²) < 4.78 is 5.23. The average molecular weight is 216 g/mol. The lowest BCUT2D eigenvalue weighted by Gasteiger charge is -2.23. The predicted molar refractivity (Wildman–Crippen MR) is 63.8 cm³/mol. The van der Waals surface area contributed by atoms with E-state index >= 15 is 0 Å². The average Bonchev–Trinajstić information content (AvgIpc) is 2.59. The first-order valence-electron chi connectivity index (χ1n) is 5.57. The quantitative estimate of drug-likeness (QED) is 0.762. The SMILES string of the molecule is CCN1c2cc(OC)ccc2C(C#N)C1C. The van der Waals surface area contributed by atoms with Crippen molar-refractivity contribution < 1.29 is 4.74 Å². The molecular weight excluding hydrogens is 200 g/mol. The van der Waals surface area contributed by atoms with E-state index in [-0.39, 0.29) is 12.0 Å². The molecule has 2 rings (SSSR count). The van der Waals surface area contributed by atoms with Crippen LogP contribution in [0.4, 0.5) is 5.69 Å². The van der Waals surface area contributed by atoms with Gasteiger partial charge in [-0.3, -0.25) is 0 Å². The number of nitriles is 1. The highest BCUT2D eigenvalue weighted by atomic mass is 16.5. The van der Waals surface area contributed by atoms with E-state index in [4.69, 9.17) is 4.74 Å². The smallest absolute Gasteiger partial charge is 0.120 e. The maximum absolute atomic E-state index is 9.22. The van der Waals surface area contributed by atoms with Gasteiger partial charge < -0.3 is 9.64 Å². The number of hydrogen-bond donors (Lipinski definition) is 0. The van der Waals surface area contributed by atoms with E-state index in [9.17, 15) is 5.26 Å². The Morgan fingerprint density at radius 1 is 1.50 bits per heavy atom. The normalized spacial score (nSPS) is 22.8. The minimum absolute atomic E-state index is 0.0270. The van der Waals surface area contributed by atoms with Crippen molar-refractivity contribution in [1.82, 2.24) is 0 Å². The van der Waals surface area contributed by atoms with Crippen molar-refractivity contribution in [3.63, 3.8) is 0 Å². The summed E-state index contributed by atoms with van der Waals surface area (Å²) in [5.41, 5.74) is 2.26. The van der Waals surface area contributed by atoms with E-state index in [1.54, 1.807) is 7.11 Å². The van der Waals surface area contributed by atoms with Gasteiger partial charge in [0, 0.05) is 24.3 Å². The Hall–Kier alpha value is -1.69. The molecule has 3 nitrogen and oxygen atoms in total. The zero-order valence-electron chi connectivity index (χ0n) is 9.90. The first kappa shape index (κ1) is 10.8. The number of fused-ring (bicyclic) bond motifs is 1. The lowest BCUT2D eigenvalue weighted by atomic mass is 9.98. The fourth-order valence-corrected chi connectivity index (χ4v) is 2.46. The van der Waals surface area contributed by atoms with E-state index in [0.29, 0.717) is 0 Å². The van der Waals surface area contributed by atoms with Crippen LogP contribution in [0.3, 0.4) is 0 Å². The summed E-state index contributed by atoms with van der Waals surface area (Å²) in [6.07, 6.45) is 0. The third kappa shape index (κ3) is 1.42. The summed E-state index contributed by atoms with van der Waals surface area (Å²) in [6.45, 7) is 5.13. The second-order valence-electron chi connectivity index (χ2n) is 4.06. The Morgan fingerprint density at radius 3 is 2.81 bits per heavy atom. The number of hydrogen-bond acceptors (Lipinski definition) is 3. The van der Waals surface area contributed by atoms with E-state index in [0.717, 1.165) is 23.5 Å². The molecule has 84 valence electrons. The summed E-state index contributed by atoms with van der Waals surface area (Å²) >= 11 is 0. The van der Waals surface area contributed by atoms with Crippen molar-refractivity contribution in [2.45, 2.75) is 25.8 Å². The molecule has 0 saturated carbocycles. The predicted octanol–water partition coefficient (Wildman–Crippen LogP) is 2.53. The molecule has 1 aromatic carbocycles. The van der Waals surface area contributed by atoms with Crippen LogP contribution in [0.2, 0.25) is 0 Å². The van der Waals surface area contributed by atoms with Crippen LogP contribution in [0.5, 0.6) is 5.75 Å². The van der Waals surface area contributed by atoms with Crippen molar-refractivity contribution in [1.29, 1.82) is 5.26 Å².